The van der Waals surface area contributed by atoms with Crippen LogP contribution >= 0.6 is 39.3 Å². The molecular formula is C14H9BrClNS. The third kappa shape index (κ3) is 2.44. The normalized spacial score (nSPS) is 11.0. The Morgan fingerprint density at radius 1 is 1.06 bits per heavy atom. The molecule has 0 amide bonds. The van der Waals surface area contributed by atoms with E-state index in [0.717, 1.165) is 15.0 Å². The summed E-state index contributed by atoms with van der Waals surface area (Å²) in [4.78, 5) is 5.68. The molecule has 0 unspecified atom stereocenters. The van der Waals surface area contributed by atoms with Crippen molar-refractivity contribution in [1.29, 1.82) is 0 Å². The molecule has 0 spiro atoms. The Bertz CT molecular complexity index is 691. The number of halogens is 2. The summed E-state index contributed by atoms with van der Waals surface area (Å²) in [6.07, 6.45) is 2.04. The fourth-order valence-electron chi connectivity index (χ4n) is 1.78. The van der Waals surface area contributed by atoms with Crippen molar-refractivity contribution in [2.24, 2.45) is 0 Å². The predicted octanol–water partition coefficient (Wildman–Crippen LogP) is 5.74. The molecule has 3 aromatic rings. The molecule has 3 rings (SSSR count). The van der Waals surface area contributed by atoms with Crippen molar-refractivity contribution in [3.8, 4) is 0 Å². The van der Waals surface area contributed by atoms with Crippen molar-refractivity contribution in [2.75, 3.05) is 0 Å². The standard InChI is InChI=1S/C14H9BrClNS/c15-9-1-6-13-12(7-9)14(8-17-13)18-11-4-2-10(16)3-5-11/h1-8,17H. The van der Waals surface area contributed by atoms with Gasteiger partial charge in [-0.15, -0.1) is 0 Å². The van der Waals surface area contributed by atoms with E-state index in [9.17, 15) is 0 Å². The van der Waals surface area contributed by atoms with Gasteiger partial charge in [0.05, 0.1) is 0 Å². The van der Waals surface area contributed by atoms with Crippen molar-refractivity contribution < 1.29 is 0 Å². The molecule has 1 nitrogen and oxygen atoms in total. The molecule has 90 valence electrons. The maximum atomic E-state index is 5.89. The van der Waals surface area contributed by atoms with E-state index in [1.165, 1.54) is 15.2 Å². The van der Waals surface area contributed by atoms with Gasteiger partial charge in [0, 0.05) is 36.4 Å². The predicted molar refractivity (Wildman–Crippen MR) is 81.6 cm³/mol. The molecule has 0 saturated carbocycles. The molecule has 0 radical (unpaired) electrons. The highest BCUT2D eigenvalue weighted by molar-refractivity contribution is 9.10. The molecule has 1 aromatic heterocycles. The zero-order valence-electron chi connectivity index (χ0n) is 9.28. The second-order valence-corrected chi connectivity index (χ2v) is 6.37. The van der Waals surface area contributed by atoms with E-state index < -0.39 is 0 Å². The second-order valence-electron chi connectivity index (χ2n) is 3.90. The van der Waals surface area contributed by atoms with Crippen molar-refractivity contribution in [3.63, 3.8) is 0 Å². The van der Waals surface area contributed by atoms with E-state index in [0.29, 0.717) is 0 Å². The zero-order valence-corrected chi connectivity index (χ0v) is 12.4. The van der Waals surface area contributed by atoms with Crippen LogP contribution in [-0.4, -0.2) is 4.98 Å². The van der Waals surface area contributed by atoms with Gasteiger partial charge in [-0.3, -0.25) is 0 Å². The van der Waals surface area contributed by atoms with Crippen molar-refractivity contribution >= 4 is 50.2 Å². The minimum absolute atomic E-state index is 0.765. The molecule has 1 N–H and O–H groups in total. The Hall–Kier alpha value is -0.900. The van der Waals surface area contributed by atoms with Crippen molar-refractivity contribution in [2.45, 2.75) is 9.79 Å². The van der Waals surface area contributed by atoms with Crippen LogP contribution in [0, 0.1) is 0 Å². The molecule has 0 saturated heterocycles. The van der Waals surface area contributed by atoms with Gasteiger partial charge < -0.3 is 4.98 Å². The molecule has 0 bridgehead atoms. The monoisotopic (exact) mass is 337 g/mol. The Morgan fingerprint density at radius 3 is 2.61 bits per heavy atom. The molecule has 2 aromatic carbocycles. The summed E-state index contributed by atoms with van der Waals surface area (Å²) in [5.41, 5.74) is 1.15. The van der Waals surface area contributed by atoms with Crippen LogP contribution in [0.25, 0.3) is 10.9 Å². The number of hydrogen-bond donors (Lipinski definition) is 1. The van der Waals surface area contributed by atoms with Gasteiger partial charge in [-0.25, -0.2) is 0 Å². The van der Waals surface area contributed by atoms with Gasteiger partial charge >= 0.3 is 0 Å². The van der Waals surface area contributed by atoms with Crippen LogP contribution in [0.3, 0.4) is 0 Å². The van der Waals surface area contributed by atoms with Gasteiger partial charge in [0.1, 0.15) is 0 Å². The van der Waals surface area contributed by atoms with Crippen LogP contribution in [0.15, 0.2) is 62.9 Å². The second kappa shape index (κ2) is 5.00. The quantitative estimate of drug-likeness (QED) is 0.630. The lowest BCUT2D eigenvalue weighted by Crippen LogP contribution is -1.72. The first-order valence-electron chi connectivity index (χ1n) is 5.42. The van der Waals surface area contributed by atoms with Gasteiger partial charge in [-0.2, -0.15) is 0 Å². The number of aromatic amines is 1. The van der Waals surface area contributed by atoms with Crippen LogP contribution in [0.4, 0.5) is 0 Å². The van der Waals surface area contributed by atoms with Crippen LogP contribution in [0.2, 0.25) is 5.02 Å². The molecular weight excluding hydrogens is 330 g/mol. The van der Waals surface area contributed by atoms with E-state index in [-0.39, 0.29) is 0 Å². The van der Waals surface area contributed by atoms with Crippen LogP contribution in [0.5, 0.6) is 0 Å². The number of aromatic nitrogens is 1. The fourth-order valence-corrected chi connectivity index (χ4v) is 3.19. The van der Waals surface area contributed by atoms with E-state index in [1.54, 1.807) is 11.8 Å². The minimum Gasteiger partial charge on any atom is -0.360 e. The Balaban J connectivity index is 1.99. The summed E-state index contributed by atoms with van der Waals surface area (Å²) < 4.78 is 1.09. The molecule has 1 heterocycles. The summed E-state index contributed by atoms with van der Waals surface area (Å²) in [6.45, 7) is 0. The van der Waals surface area contributed by atoms with Gasteiger partial charge in [-0.05, 0) is 42.5 Å². The summed E-state index contributed by atoms with van der Waals surface area (Å²) in [5.74, 6) is 0. The minimum atomic E-state index is 0.765. The first-order valence-corrected chi connectivity index (χ1v) is 7.41. The van der Waals surface area contributed by atoms with Crippen molar-refractivity contribution in [3.05, 3.63) is 58.2 Å². The number of H-pyrrole nitrogens is 1. The summed E-state index contributed by atoms with van der Waals surface area (Å²) in [6, 6.07) is 14.1. The third-order valence-electron chi connectivity index (χ3n) is 2.65. The first kappa shape index (κ1) is 12.2. The highest BCUT2D eigenvalue weighted by atomic mass is 79.9. The molecule has 0 aliphatic rings. The Morgan fingerprint density at radius 2 is 1.83 bits per heavy atom. The lowest BCUT2D eigenvalue weighted by Gasteiger charge is -2.00. The van der Waals surface area contributed by atoms with Crippen LogP contribution < -0.4 is 0 Å². The number of fused-ring (bicyclic) bond motifs is 1. The SMILES string of the molecule is Clc1ccc(Sc2c[nH]c3ccc(Br)cc23)cc1. The lowest BCUT2D eigenvalue weighted by molar-refractivity contribution is 1.39. The lowest BCUT2D eigenvalue weighted by atomic mass is 10.2. The molecule has 0 aliphatic carbocycles. The first-order chi connectivity index (χ1) is 8.72. The van der Waals surface area contributed by atoms with Crippen LogP contribution in [-0.2, 0) is 0 Å². The van der Waals surface area contributed by atoms with E-state index in [1.807, 2.05) is 36.5 Å². The number of benzene rings is 2. The highest BCUT2D eigenvalue weighted by Crippen LogP contribution is 2.35. The average Bonchev–Trinajstić information content (AvgIpc) is 2.75. The molecule has 0 atom stereocenters. The van der Waals surface area contributed by atoms with Gasteiger partial charge in [0.2, 0.25) is 0 Å². The van der Waals surface area contributed by atoms with Gasteiger partial charge in [-0.1, -0.05) is 39.3 Å². The number of nitrogens with one attached hydrogen (secondary N) is 1. The topological polar surface area (TPSA) is 15.8 Å². The highest BCUT2D eigenvalue weighted by Gasteiger charge is 2.05. The number of rotatable bonds is 2. The molecule has 0 aliphatic heterocycles. The average molecular weight is 339 g/mol. The Labute approximate surface area is 123 Å². The maximum Gasteiger partial charge on any atom is 0.0466 e. The summed E-state index contributed by atoms with van der Waals surface area (Å²) in [5, 5.41) is 1.99. The largest absolute Gasteiger partial charge is 0.360 e. The number of hydrogen-bond acceptors (Lipinski definition) is 1. The van der Waals surface area contributed by atoms with Gasteiger partial charge in [0.15, 0.2) is 0 Å². The molecule has 0 fully saturated rings. The summed E-state index contributed by atoms with van der Waals surface area (Å²) in [7, 11) is 0. The van der Waals surface area contributed by atoms with E-state index in [4.69, 9.17) is 11.6 Å². The zero-order chi connectivity index (χ0) is 12.5. The Kier molecular flexibility index (Phi) is 3.37. The van der Waals surface area contributed by atoms with Gasteiger partial charge in [0.25, 0.3) is 0 Å². The van der Waals surface area contributed by atoms with E-state index in [2.05, 4.69) is 33.0 Å². The van der Waals surface area contributed by atoms with Crippen LogP contribution in [0.1, 0.15) is 0 Å². The maximum absolute atomic E-state index is 5.89. The molecule has 18 heavy (non-hydrogen) atoms. The third-order valence-corrected chi connectivity index (χ3v) is 4.46. The molecule has 4 heteroatoms. The van der Waals surface area contributed by atoms with E-state index >= 15 is 0 Å². The fraction of sp³-hybridized carbons (Fsp3) is 0. The smallest absolute Gasteiger partial charge is 0.0466 e. The summed E-state index contributed by atoms with van der Waals surface area (Å²) >= 11 is 11.1. The van der Waals surface area contributed by atoms with Crippen molar-refractivity contribution in [1.82, 2.24) is 4.98 Å².